The van der Waals surface area contributed by atoms with Crippen LogP contribution in [0.2, 0.25) is 0 Å². The number of carbonyl (C=O) groups is 1. The molecule has 3 rings (SSSR count). The van der Waals surface area contributed by atoms with Crippen LogP contribution in [0.15, 0.2) is 78.5 Å². The average molecular weight is 432 g/mol. The molecule has 0 aliphatic carbocycles. The molecule has 1 atom stereocenters. The van der Waals surface area contributed by atoms with Crippen LogP contribution in [0.3, 0.4) is 0 Å². The number of hydrogen-bond donors (Lipinski definition) is 0. The average Bonchev–Trinajstić information content (AvgIpc) is 3.16. The highest BCUT2D eigenvalue weighted by Crippen LogP contribution is 2.26. The number of nitrogens with zero attached hydrogens (tertiary/aromatic N) is 5. The lowest BCUT2D eigenvalue weighted by molar-refractivity contribution is -0.117. The summed E-state index contributed by atoms with van der Waals surface area (Å²) in [5, 5.41) is 18.0. The molecular formula is C24H25N5OS. The van der Waals surface area contributed by atoms with E-state index in [4.69, 9.17) is 5.26 Å². The first-order valence-corrected chi connectivity index (χ1v) is 11.0. The van der Waals surface area contributed by atoms with E-state index in [1.807, 2.05) is 60.0 Å². The van der Waals surface area contributed by atoms with Crippen molar-refractivity contribution in [2.75, 3.05) is 11.4 Å². The summed E-state index contributed by atoms with van der Waals surface area (Å²) in [5.74, 6) is 0.766. The van der Waals surface area contributed by atoms with Crippen molar-refractivity contribution in [3.63, 3.8) is 0 Å². The first kappa shape index (κ1) is 22.3. The normalized spacial score (nSPS) is 11.5. The van der Waals surface area contributed by atoms with Crippen LogP contribution >= 0.6 is 11.8 Å². The maximum absolute atomic E-state index is 13.2. The Bertz CT molecular complexity index is 1040. The lowest BCUT2D eigenvalue weighted by Gasteiger charge is -2.24. The number of anilines is 1. The van der Waals surface area contributed by atoms with Gasteiger partial charge in [0.2, 0.25) is 5.91 Å². The molecular weight excluding hydrogens is 406 g/mol. The molecule has 0 spiro atoms. The number of allylic oxidation sites excluding steroid dienone is 1. The van der Waals surface area contributed by atoms with Crippen LogP contribution in [0.4, 0.5) is 5.69 Å². The fourth-order valence-electron chi connectivity index (χ4n) is 3.19. The lowest BCUT2D eigenvalue weighted by atomic mass is 10.1. The number of carbonyl (C=O) groups excluding carboxylic acids is 1. The van der Waals surface area contributed by atoms with Gasteiger partial charge in [-0.05, 0) is 24.6 Å². The van der Waals surface area contributed by atoms with Crippen LogP contribution in [0, 0.1) is 11.3 Å². The summed E-state index contributed by atoms with van der Waals surface area (Å²) >= 11 is 1.37. The fraction of sp³-hybridized carbons (Fsp3) is 0.250. The Balaban J connectivity index is 1.79. The molecule has 7 heteroatoms. The van der Waals surface area contributed by atoms with E-state index >= 15 is 0 Å². The third kappa shape index (κ3) is 5.83. The van der Waals surface area contributed by atoms with Gasteiger partial charge in [0.1, 0.15) is 5.82 Å². The van der Waals surface area contributed by atoms with Crippen LogP contribution in [-0.2, 0) is 17.8 Å². The predicted molar refractivity (Wildman–Crippen MR) is 124 cm³/mol. The van der Waals surface area contributed by atoms with E-state index in [-0.39, 0.29) is 12.3 Å². The summed E-state index contributed by atoms with van der Waals surface area (Å²) in [6, 6.07) is 21.7. The molecule has 0 aliphatic rings. The van der Waals surface area contributed by atoms with Crippen molar-refractivity contribution in [1.29, 1.82) is 5.26 Å². The van der Waals surface area contributed by atoms with Gasteiger partial charge in [-0.15, -0.1) is 16.8 Å². The molecule has 2 aromatic carbocycles. The second-order valence-corrected chi connectivity index (χ2v) is 8.26. The molecule has 0 bridgehead atoms. The molecule has 31 heavy (non-hydrogen) atoms. The van der Waals surface area contributed by atoms with Gasteiger partial charge in [-0.3, -0.25) is 4.79 Å². The fourth-order valence-corrected chi connectivity index (χ4v) is 4.13. The van der Waals surface area contributed by atoms with E-state index in [0.717, 1.165) is 17.1 Å². The minimum Gasteiger partial charge on any atom is -0.310 e. The highest BCUT2D eigenvalue weighted by molar-refractivity contribution is 8.00. The van der Waals surface area contributed by atoms with E-state index in [1.165, 1.54) is 11.8 Å². The van der Waals surface area contributed by atoms with Gasteiger partial charge in [0.05, 0.1) is 17.7 Å². The lowest BCUT2D eigenvalue weighted by Crippen LogP contribution is -2.37. The van der Waals surface area contributed by atoms with Crippen LogP contribution < -0.4 is 4.90 Å². The Kier molecular flexibility index (Phi) is 8.02. The molecule has 0 saturated carbocycles. The number of para-hydroxylation sites is 1. The van der Waals surface area contributed by atoms with Crippen molar-refractivity contribution < 1.29 is 4.79 Å². The van der Waals surface area contributed by atoms with Crippen molar-refractivity contribution in [2.45, 2.75) is 36.7 Å². The Morgan fingerprint density at radius 3 is 2.52 bits per heavy atom. The summed E-state index contributed by atoms with van der Waals surface area (Å²) in [6.45, 7) is 6.62. The van der Waals surface area contributed by atoms with Gasteiger partial charge < -0.3 is 9.47 Å². The standard InChI is InChI=1S/C24H25N5OS/c1-3-16-29-22(18-20-11-6-4-7-12-20)26-27-24(29)31-19(2)23(30)28(17-10-15-25)21-13-8-5-9-14-21/h3-9,11-14,19H,1,10,16-18H2,2H3. The van der Waals surface area contributed by atoms with Gasteiger partial charge in [0, 0.05) is 25.2 Å². The molecule has 0 N–H and O–H groups in total. The molecule has 1 heterocycles. The van der Waals surface area contributed by atoms with Gasteiger partial charge in [0.15, 0.2) is 5.16 Å². The summed E-state index contributed by atoms with van der Waals surface area (Å²) in [6.07, 6.45) is 2.73. The number of hydrogen-bond acceptors (Lipinski definition) is 5. The third-order valence-corrected chi connectivity index (χ3v) is 5.79. The smallest absolute Gasteiger partial charge is 0.240 e. The predicted octanol–water partition coefficient (Wildman–Crippen LogP) is 4.48. The molecule has 3 aromatic rings. The molecule has 0 fully saturated rings. The zero-order valence-electron chi connectivity index (χ0n) is 17.5. The molecule has 6 nitrogen and oxygen atoms in total. The van der Waals surface area contributed by atoms with Crippen molar-refractivity contribution in [3.8, 4) is 6.07 Å². The third-order valence-electron chi connectivity index (χ3n) is 4.72. The number of rotatable bonds is 10. The topological polar surface area (TPSA) is 74.8 Å². The summed E-state index contributed by atoms with van der Waals surface area (Å²) in [4.78, 5) is 14.9. The van der Waals surface area contributed by atoms with Crippen LogP contribution in [0.5, 0.6) is 0 Å². The molecule has 1 unspecified atom stereocenters. The number of amides is 1. The zero-order chi connectivity index (χ0) is 22.1. The second-order valence-electron chi connectivity index (χ2n) is 6.95. The zero-order valence-corrected chi connectivity index (χ0v) is 18.3. The molecule has 0 aliphatic heterocycles. The Morgan fingerprint density at radius 2 is 1.87 bits per heavy atom. The van der Waals surface area contributed by atoms with Crippen LogP contribution in [0.25, 0.3) is 0 Å². The second kappa shape index (κ2) is 11.1. The molecule has 1 amide bonds. The number of aromatic nitrogens is 3. The Labute approximate surface area is 187 Å². The van der Waals surface area contributed by atoms with Gasteiger partial charge in [-0.25, -0.2) is 0 Å². The summed E-state index contributed by atoms with van der Waals surface area (Å²) < 4.78 is 2.00. The van der Waals surface area contributed by atoms with Gasteiger partial charge >= 0.3 is 0 Å². The minimum absolute atomic E-state index is 0.0655. The number of thioether (sulfide) groups is 1. The van der Waals surface area contributed by atoms with Crippen molar-refractivity contribution in [1.82, 2.24) is 14.8 Å². The molecule has 158 valence electrons. The van der Waals surface area contributed by atoms with Gasteiger partial charge in [0.25, 0.3) is 0 Å². The SMILES string of the molecule is C=CCn1c(Cc2ccccc2)nnc1SC(C)C(=O)N(CCC#N)c1ccccc1. The summed E-state index contributed by atoms with van der Waals surface area (Å²) in [7, 11) is 0. The molecule has 1 aromatic heterocycles. The number of nitriles is 1. The minimum atomic E-state index is -0.392. The van der Waals surface area contributed by atoms with Crippen molar-refractivity contribution >= 4 is 23.4 Å². The Hall–Kier alpha value is -3.37. The van der Waals surface area contributed by atoms with Gasteiger partial charge in [-0.1, -0.05) is 66.4 Å². The first-order chi connectivity index (χ1) is 15.1. The quantitative estimate of drug-likeness (QED) is 0.349. The maximum Gasteiger partial charge on any atom is 0.240 e. The van der Waals surface area contributed by atoms with E-state index in [0.29, 0.717) is 24.7 Å². The molecule has 0 radical (unpaired) electrons. The van der Waals surface area contributed by atoms with E-state index < -0.39 is 5.25 Å². The highest BCUT2D eigenvalue weighted by Gasteiger charge is 2.25. The van der Waals surface area contributed by atoms with Gasteiger partial charge in [-0.2, -0.15) is 5.26 Å². The molecule has 0 saturated heterocycles. The van der Waals surface area contributed by atoms with Crippen molar-refractivity contribution in [2.24, 2.45) is 0 Å². The Morgan fingerprint density at radius 1 is 1.19 bits per heavy atom. The van der Waals surface area contributed by atoms with Crippen LogP contribution in [0.1, 0.15) is 24.7 Å². The summed E-state index contributed by atoms with van der Waals surface area (Å²) in [5.41, 5.74) is 1.93. The number of benzene rings is 2. The monoisotopic (exact) mass is 431 g/mol. The van der Waals surface area contributed by atoms with E-state index in [2.05, 4.69) is 35.0 Å². The van der Waals surface area contributed by atoms with E-state index in [9.17, 15) is 4.79 Å². The maximum atomic E-state index is 13.2. The van der Waals surface area contributed by atoms with E-state index in [1.54, 1.807) is 11.0 Å². The van der Waals surface area contributed by atoms with Crippen molar-refractivity contribution in [3.05, 3.63) is 84.7 Å². The highest BCUT2D eigenvalue weighted by atomic mass is 32.2. The largest absolute Gasteiger partial charge is 0.310 e. The van der Waals surface area contributed by atoms with Crippen LogP contribution in [-0.4, -0.2) is 32.5 Å². The first-order valence-electron chi connectivity index (χ1n) is 10.1.